The Labute approximate surface area is 180 Å². The first kappa shape index (κ1) is 21.5. The highest BCUT2D eigenvalue weighted by atomic mass is 16.5. The Hall–Kier alpha value is -1.78. The minimum Gasteiger partial charge on any atom is -0.490 e. The predicted molar refractivity (Wildman–Crippen MR) is 121 cm³/mol. The highest BCUT2D eigenvalue weighted by molar-refractivity contribution is 5.99. The van der Waals surface area contributed by atoms with Gasteiger partial charge in [-0.1, -0.05) is 45.9 Å². The van der Waals surface area contributed by atoms with Crippen molar-refractivity contribution in [1.82, 2.24) is 0 Å². The molecule has 0 amide bonds. The lowest BCUT2D eigenvalue weighted by Crippen LogP contribution is -2.19. The van der Waals surface area contributed by atoms with Gasteiger partial charge in [0.2, 0.25) is 0 Å². The van der Waals surface area contributed by atoms with Crippen LogP contribution in [-0.4, -0.2) is 35.6 Å². The second-order valence-electron chi connectivity index (χ2n) is 9.07. The molecular formula is C26H36O4. The van der Waals surface area contributed by atoms with Crippen LogP contribution in [0.4, 0.5) is 0 Å². The van der Waals surface area contributed by atoms with Crippen LogP contribution in [0, 0.1) is 5.92 Å². The van der Waals surface area contributed by atoms with E-state index in [9.17, 15) is 10.2 Å². The molecule has 4 heteroatoms. The molecule has 2 aliphatic carbocycles. The quantitative estimate of drug-likeness (QED) is 0.586. The van der Waals surface area contributed by atoms with E-state index in [-0.39, 0.29) is 0 Å². The van der Waals surface area contributed by atoms with Crippen molar-refractivity contribution in [1.29, 1.82) is 0 Å². The molecule has 5 atom stereocenters. The van der Waals surface area contributed by atoms with Gasteiger partial charge in [-0.3, -0.25) is 0 Å². The molecule has 0 aliphatic heterocycles. The fourth-order valence-corrected chi connectivity index (χ4v) is 5.49. The number of hydrogen-bond donors (Lipinski definition) is 2. The maximum Gasteiger partial charge on any atom is 0.131 e. The van der Waals surface area contributed by atoms with Gasteiger partial charge in [-0.05, 0) is 55.4 Å². The van der Waals surface area contributed by atoms with Crippen molar-refractivity contribution in [3.05, 3.63) is 34.9 Å². The maximum atomic E-state index is 10.2. The molecule has 5 unspecified atom stereocenters. The molecule has 0 aromatic heterocycles. The van der Waals surface area contributed by atoms with Crippen molar-refractivity contribution in [2.45, 2.75) is 83.8 Å². The monoisotopic (exact) mass is 412 g/mol. The average molecular weight is 413 g/mol. The van der Waals surface area contributed by atoms with Crippen molar-refractivity contribution in [3.8, 4) is 11.5 Å². The van der Waals surface area contributed by atoms with Gasteiger partial charge in [-0.15, -0.1) is 0 Å². The van der Waals surface area contributed by atoms with Gasteiger partial charge in [0, 0.05) is 21.9 Å². The molecule has 1 fully saturated rings. The molecule has 0 spiro atoms. The number of aliphatic hydroxyl groups excluding tert-OH is 2. The summed E-state index contributed by atoms with van der Waals surface area (Å²) in [6.07, 6.45) is 3.71. The van der Waals surface area contributed by atoms with Gasteiger partial charge >= 0.3 is 0 Å². The van der Waals surface area contributed by atoms with Gasteiger partial charge in [0.25, 0.3) is 0 Å². The van der Waals surface area contributed by atoms with E-state index in [2.05, 4.69) is 32.0 Å². The highest BCUT2D eigenvalue weighted by Crippen LogP contribution is 2.64. The zero-order valence-electron chi connectivity index (χ0n) is 18.8. The second-order valence-corrected chi connectivity index (χ2v) is 9.07. The Morgan fingerprint density at radius 1 is 0.900 bits per heavy atom. The summed E-state index contributed by atoms with van der Waals surface area (Å²) in [6, 6.07) is 6.39. The molecule has 2 N–H and O–H groups in total. The minimum atomic E-state index is -0.462. The van der Waals surface area contributed by atoms with Gasteiger partial charge in [-0.2, -0.15) is 0 Å². The first-order valence-corrected chi connectivity index (χ1v) is 11.7. The topological polar surface area (TPSA) is 58.9 Å². The van der Waals surface area contributed by atoms with Crippen molar-refractivity contribution >= 4 is 10.8 Å². The van der Waals surface area contributed by atoms with Crippen molar-refractivity contribution in [3.63, 3.8) is 0 Å². The molecule has 2 aromatic carbocycles. The first-order valence-electron chi connectivity index (χ1n) is 11.7. The van der Waals surface area contributed by atoms with E-state index in [1.54, 1.807) is 0 Å². The molecule has 4 rings (SSSR count). The Bertz CT molecular complexity index is 906. The maximum absolute atomic E-state index is 10.2. The SMILES string of the molecule is CCc1cccc2c(OCC(O)CC)c3c(c(OCC(O)CC)c12)C1CCC3C1C. The molecule has 2 bridgehead atoms. The number of benzene rings is 2. The van der Waals surface area contributed by atoms with E-state index >= 15 is 0 Å². The smallest absolute Gasteiger partial charge is 0.131 e. The lowest BCUT2D eigenvalue weighted by atomic mass is 9.85. The van der Waals surface area contributed by atoms with Crippen molar-refractivity contribution in [2.75, 3.05) is 13.2 Å². The zero-order valence-corrected chi connectivity index (χ0v) is 18.8. The Kier molecular flexibility index (Phi) is 6.26. The summed E-state index contributed by atoms with van der Waals surface area (Å²) >= 11 is 0. The van der Waals surface area contributed by atoms with E-state index in [4.69, 9.17) is 9.47 Å². The third-order valence-corrected chi connectivity index (χ3v) is 7.36. The number of fused-ring (bicyclic) bond motifs is 6. The lowest BCUT2D eigenvalue weighted by Gasteiger charge is -2.27. The van der Waals surface area contributed by atoms with Gasteiger partial charge in [0.1, 0.15) is 24.7 Å². The molecule has 1 saturated carbocycles. The standard InChI is InChI=1S/C26H36O4/c1-5-16-9-8-10-21-22(16)26(30-14-18(28)7-3)24-20-12-11-19(15(20)4)23(24)25(21)29-13-17(27)6-2/h8-10,15,17-20,27-28H,5-7,11-14H2,1-4H3. The summed E-state index contributed by atoms with van der Waals surface area (Å²) < 4.78 is 12.8. The molecule has 2 aromatic rings. The number of hydrogen-bond acceptors (Lipinski definition) is 4. The number of aryl methyl sites for hydroxylation is 1. The van der Waals surface area contributed by atoms with Gasteiger partial charge in [0.05, 0.1) is 12.2 Å². The van der Waals surface area contributed by atoms with E-state index in [0.29, 0.717) is 43.8 Å². The largest absolute Gasteiger partial charge is 0.490 e. The summed E-state index contributed by atoms with van der Waals surface area (Å²) in [7, 11) is 0. The van der Waals surface area contributed by atoms with Crippen LogP contribution in [-0.2, 0) is 6.42 Å². The molecule has 0 saturated heterocycles. The number of aliphatic hydroxyl groups is 2. The summed E-state index contributed by atoms with van der Waals surface area (Å²) in [5.41, 5.74) is 3.84. The predicted octanol–water partition coefficient (Wildman–Crippen LogP) is 5.31. The van der Waals surface area contributed by atoms with Crippen LogP contribution >= 0.6 is 0 Å². The normalized spacial score (nSPS) is 24.1. The van der Waals surface area contributed by atoms with Crippen molar-refractivity contribution in [2.24, 2.45) is 5.92 Å². The average Bonchev–Trinajstić information content (AvgIpc) is 3.27. The Balaban J connectivity index is 1.94. The van der Waals surface area contributed by atoms with Gasteiger partial charge in [-0.25, -0.2) is 0 Å². The lowest BCUT2D eigenvalue weighted by molar-refractivity contribution is 0.102. The molecule has 0 radical (unpaired) electrons. The van der Waals surface area contributed by atoms with Crippen LogP contribution in [0.15, 0.2) is 18.2 Å². The Morgan fingerprint density at radius 2 is 1.47 bits per heavy atom. The first-order chi connectivity index (χ1) is 14.5. The van der Waals surface area contributed by atoms with Crippen LogP contribution in [0.25, 0.3) is 10.8 Å². The summed E-state index contributed by atoms with van der Waals surface area (Å²) in [5, 5.41) is 22.6. The summed E-state index contributed by atoms with van der Waals surface area (Å²) in [6.45, 7) is 9.11. The molecule has 4 nitrogen and oxygen atoms in total. The zero-order chi connectivity index (χ0) is 21.4. The molecule has 2 aliphatic rings. The number of rotatable bonds is 9. The van der Waals surface area contributed by atoms with Crippen molar-refractivity contribution < 1.29 is 19.7 Å². The van der Waals surface area contributed by atoms with Crippen LogP contribution in [0.1, 0.15) is 81.9 Å². The van der Waals surface area contributed by atoms with Crippen LogP contribution in [0.5, 0.6) is 11.5 Å². The third kappa shape index (κ3) is 3.48. The minimum absolute atomic E-state index is 0.314. The summed E-state index contributed by atoms with van der Waals surface area (Å²) in [4.78, 5) is 0. The fraction of sp³-hybridized carbons (Fsp3) is 0.615. The van der Waals surface area contributed by atoms with E-state index in [1.165, 1.54) is 29.5 Å². The van der Waals surface area contributed by atoms with Crippen LogP contribution in [0.3, 0.4) is 0 Å². The molecule has 164 valence electrons. The molecular weight excluding hydrogens is 376 g/mol. The van der Waals surface area contributed by atoms with Crippen LogP contribution in [0.2, 0.25) is 0 Å². The van der Waals surface area contributed by atoms with E-state index < -0.39 is 12.2 Å². The van der Waals surface area contributed by atoms with E-state index in [1.807, 2.05) is 13.8 Å². The van der Waals surface area contributed by atoms with Gasteiger partial charge in [0.15, 0.2) is 0 Å². The second kappa shape index (κ2) is 8.76. The number of ether oxygens (including phenoxy) is 2. The van der Waals surface area contributed by atoms with Crippen LogP contribution < -0.4 is 9.47 Å². The molecule has 0 heterocycles. The molecule has 30 heavy (non-hydrogen) atoms. The fourth-order valence-electron chi connectivity index (χ4n) is 5.49. The summed E-state index contributed by atoms with van der Waals surface area (Å²) in [5.74, 6) is 3.44. The third-order valence-electron chi connectivity index (χ3n) is 7.36. The van der Waals surface area contributed by atoms with Gasteiger partial charge < -0.3 is 19.7 Å². The van der Waals surface area contributed by atoms with E-state index in [0.717, 1.165) is 28.7 Å². The highest BCUT2D eigenvalue weighted by Gasteiger charge is 2.48. The Morgan fingerprint density at radius 3 is 2.03 bits per heavy atom.